The summed E-state index contributed by atoms with van der Waals surface area (Å²) >= 11 is 0. The summed E-state index contributed by atoms with van der Waals surface area (Å²) in [5, 5.41) is 0. The molecule has 208 valence electrons. The third-order valence-corrected chi connectivity index (χ3v) is 6.95. The molecule has 1 nitrogen and oxygen atoms in total. The van der Waals surface area contributed by atoms with Crippen molar-refractivity contribution in [2.24, 2.45) is 0 Å². The maximum Gasteiger partial charge on any atom is 0.201 e. The number of aryl methyl sites for hydroxylation is 1. The standard InChI is InChI=1S/C35H34F4O/c1-3-4-5-6-7-8-23-40-31-22-21-30(34(38)35(31)39)27-16-11-25(12-17-27)13-18-28-19-20-29(33(37)32(28)36)26-14-9-24(2)10-15-26/h9-22H,3-8,23H2,1-2H3/b18-13+. The molecule has 0 saturated carbocycles. The van der Waals surface area contributed by atoms with E-state index >= 15 is 0 Å². The fraction of sp³-hybridized carbons (Fsp3) is 0.257. The van der Waals surface area contributed by atoms with Crippen LogP contribution in [0.25, 0.3) is 34.4 Å². The molecule has 0 radical (unpaired) electrons. The van der Waals surface area contributed by atoms with Crippen LogP contribution < -0.4 is 4.74 Å². The maximum absolute atomic E-state index is 14.8. The Morgan fingerprint density at radius 2 is 1.15 bits per heavy atom. The van der Waals surface area contributed by atoms with Gasteiger partial charge in [0.25, 0.3) is 0 Å². The third-order valence-electron chi connectivity index (χ3n) is 6.95. The van der Waals surface area contributed by atoms with E-state index in [0.29, 0.717) is 23.3 Å². The molecule has 0 fully saturated rings. The number of halogens is 4. The van der Waals surface area contributed by atoms with Crippen molar-refractivity contribution < 1.29 is 22.3 Å². The molecule has 0 saturated heterocycles. The van der Waals surface area contributed by atoms with Crippen LogP contribution in [-0.2, 0) is 0 Å². The molecule has 0 unspecified atom stereocenters. The van der Waals surface area contributed by atoms with Gasteiger partial charge in [-0.3, -0.25) is 0 Å². The molecule has 5 heteroatoms. The van der Waals surface area contributed by atoms with Gasteiger partial charge in [0, 0.05) is 16.7 Å². The van der Waals surface area contributed by atoms with E-state index in [0.717, 1.165) is 24.8 Å². The van der Waals surface area contributed by atoms with Crippen LogP contribution in [0.3, 0.4) is 0 Å². The first-order chi connectivity index (χ1) is 19.4. The van der Waals surface area contributed by atoms with Crippen molar-refractivity contribution in [3.8, 4) is 28.0 Å². The van der Waals surface area contributed by atoms with Crippen molar-refractivity contribution >= 4 is 12.2 Å². The lowest BCUT2D eigenvalue weighted by atomic mass is 10.0. The highest BCUT2D eigenvalue weighted by atomic mass is 19.2. The van der Waals surface area contributed by atoms with E-state index < -0.39 is 23.3 Å². The van der Waals surface area contributed by atoms with Crippen LogP contribution >= 0.6 is 0 Å². The minimum Gasteiger partial charge on any atom is -0.490 e. The summed E-state index contributed by atoms with van der Waals surface area (Å²) in [6.45, 7) is 4.44. The van der Waals surface area contributed by atoms with E-state index in [2.05, 4.69) is 6.92 Å². The van der Waals surface area contributed by atoms with Crippen molar-refractivity contribution in [3.05, 3.63) is 113 Å². The van der Waals surface area contributed by atoms with E-state index in [1.54, 1.807) is 48.5 Å². The van der Waals surface area contributed by atoms with Crippen LogP contribution in [0.5, 0.6) is 5.75 Å². The smallest absolute Gasteiger partial charge is 0.201 e. The van der Waals surface area contributed by atoms with Crippen molar-refractivity contribution in [2.45, 2.75) is 52.4 Å². The molecule has 0 amide bonds. The summed E-state index contributed by atoms with van der Waals surface area (Å²) in [5.41, 5.74) is 3.28. The van der Waals surface area contributed by atoms with Crippen LogP contribution in [0.4, 0.5) is 17.6 Å². The van der Waals surface area contributed by atoms with Crippen LogP contribution in [0.15, 0.2) is 72.8 Å². The van der Waals surface area contributed by atoms with Crippen molar-refractivity contribution in [3.63, 3.8) is 0 Å². The second-order valence-corrected chi connectivity index (χ2v) is 10.0. The summed E-state index contributed by atoms with van der Waals surface area (Å²) in [5.74, 6) is -3.88. The van der Waals surface area contributed by atoms with Gasteiger partial charge in [-0.2, -0.15) is 4.39 Å². The van der Waals surface area contributed by atoms with E-state index in [9.17, 15) is 17.6 Å². The van der Waals surface area contributed by atoms with Gasteiger partial charge in [-0.25, -0.2) is 13.2 Å². The van der Waals surface area contributed by atoms with Gasteiger partial charge in [0.15, 0.2) is 23.2 Å². The van der Waals surface area contributed by atoms with Gasteiger partial charge in [0.2, 0.25) is 5.82 Å². The van der Waals surface area contributed by atoms with E-state index in [4.69, 9.17) is 4.74 Å². The number of benzene rings is 4. The van der Waals surface area contributed by atoms with Crippen LogP contribution in [0.2, 0.25) is 0 Å². The lowest BCUT2D eigenvalue weighted by Gasteiger charge is -2.11. The summed E-state index contributed by atoms with van der Waals surface area (Å²) in [7, 11) is 0. The Balaban J connectivity index is 1.41. The molecule has 0 N–H and O–H groups in total. The molecule has 0 spiro atoms. The average molecular weight is 547 g/mol. The minimum absolute atomic E-state index is 0.0861. The van der Waals surface area contributed by atoms with Crippen molar-refractivity contribution in [1.82, 2.24) is 0 Å². The normalized spacial score (nSPS) is 11.3. The van der Waals surface area contributed by atoms with Crippen molar-refractivity contribution in [1.29, 1.82) is 0 Å². The van der Waals surface area contributed by atoms with Gasteiger partial charge in [0.1, 0.15) is 0 Å². The van der Waals surface area contributed by atoms with Gasteiger partial charge in [0.05, 0.1) is 6.61 Å². The molecule has 4 aromatic rings. The first-order valence-corrected chi connectivity index (χ1v) is 13.8. The Morgan fingerprint density at radius 3 is 1.82 bits per heavy atom. The largest absolute Gasteiger partial charge is 0.490 e. The Morgan fingerprint density at radius 1 is 0.575 bits per heavy atom. The zero-order chi connectivity index (χ0) is 28.5. The fourth-order valence-corrected chi connectivity index (χ4v) is 4.54. The Hall–Kier alpha value is -3.86. The van der Waals surface area contributed by atoms with Crippen LogP contribution in [-0.4, -0.2) is 6.61 Å². The highest BCUT2D eigenvalue weighted by molar-refractivity contribution is 5.74. The molecular formula is C35H34F4O. The average Bonchev–Trinajstić information content (AvgIpc) is 2.96. The summed E-state index contributed by atoms with van der Waals surface area (Å²) in [6, 6.07) is 20.0. The number of rotatable bonds is 12. The second-order valence-electron chi connectivity index (χ2n) is 10.0. The lowest BCUT2D eigenvalue weighted by Crippen LogP contribution is -2.01. The summed E-state index contributed by atoms with van der Waals surface area (Å²) < 4.78 is 64.5. The SMILES string of the molecule is CCCCCCCCOc1ccc(-c2ccc(/C=C/c3ccc(-c4ccc(C)cc4)c(F)c3F)cc2)c(F)c1F. The fourth-order valence-electron chi connectivity index (χ4n) is 4.54. The van der Waals surface area contributed by atoms with Crippen molar-refractivity contribution in [2.75, 3.05) is 6.61 Å². The molecule has 4 rings (SSSR count). The number of hydrogen-bond donors (Lipinski definition) is 0. The van der Waals surface area contributed by atoms with Crippen LogP contribution in [0, 0.1) is 30.2 Å². The minimum atomic E-state index is -1.00. The van der Waals surface area contributed by atoms with E-state index in [1.807, 2.05) is 19.1 Å². The zero-order valence-electron chi connectivity index (χ0n) is 23.0. The molecule has 0 aromatic heterocycles. The van der Waals surface area contributed by atoms with Crippen LogP contribution in [0.1, 0.15) is 62.1 Å². The molecule has 40 heavy (non-hydrogen) atoms. The predicted octanol–water partition coefficient (Wildman–Crippen LogP) is 10.8. The molecular weight excluding hydrogens is 512 g/mol. The van der Waals surface area contributed by atoms with E-state index in [-0.39, 0.29) is 22.4 Å². The topological polar surface area (TPSA) is 9.23 Å². The molecule has 0 aliphatic carbocycles. The number of unbranched alkanes of at least 4 members (excludes halogenated alkanes) is 5. The predicted molar refractivity (Wildman–Crippen MR) is 156 cm³/mol. The third kappa shape index (κ3) is 7.20. The first kappa shape index (κ1) is 29.1. The number of ether oxygens (including phenoxy) is 1. The summed E-state index contributed by atoms with van der Waals surface area (Å²) in [6.07, 6.45) is 9.62. The van der Waals surface area contributed by atoms with Gasteiger partial charge in [-0.15, -0.1) is 0 Å². The highest BCUT2D eigenvalue weighted by Crippen LogP contribution is 2.31. The lowest BCUT2D eigenvalue weighted by molar-refractivity contribution is 0.285. The Labute approximate surface area is 234 Å². The quantitative estimate of drug-likeness (QED) is 0.0975. The number of hydrogen-bond acceptors (Lipinski definition) is 1. The second kappa shape index (κ2) is 14.0. The molecule has 0 atom stereocenters. The van der Waals surface area contributed by atoms with Gasteiger partial charge in [-0.05, 0) is 42.2 Å². The summed E-state index contributed by atoms with van der Waals surface area (Å²) in [4.78, 5) is 0. The molecule has 0 aliphatic heterocycles. The monoisotopic (exact) mass is 546 g/mol. The molecule has 4 aromatic carbocycles. The molecule has 0 heterocycles. The Kier molecular flexibility index (Phi) is 10.2. The van der Waals surface area contributed by atoms with Gasteiger partial charge >= 0.3 is 0 Å². The highest BCUT2D eigenvalue weighted by Gasteiger charge is 2.16. The molecule has 0 bridgehead atoms. The maximum atomic E-state index is 14.8. The molecule has 0 aliphatic rings. The van der Waals surface area contributed by atoms with Gasteiger partial charge < -0.3 is 4.74 Å². The van der Waals surface area contributed by atoms with Gasteiger partial charge in [-0.1, -0.05) is 117 Å². The first-order valence-electron chi connectivity index (χ1n) is 13.8. The zero-order valence-corrected chi connectivity index (χ0v) is 23.0. The Bertz CT molecular complexity index is 1440. The van der Waals surface area contributed by atoms with E-state index in [1.165, 1.54) is 43.5 Å².